The molecule has 1 heterocycles. The summed E-state index contributed by atoms with van der Waals surface area (Å²) in [6.07, 6.45) is -0.418. The molecule has 0 radical (unpaired) electrons. The summed E-state index contributed by atoms with van der Waals surface area (Å²) in [7, 11) is 0. The van der Waals surface area contributed by atoms with Crippen LogP contribution in [0.4, 0.5) is 5.82 Å². The number of nitrogens with two attached hydrogens (primary N) is 1. The van der Waals surface area contributed by atoms with Crippen LogP contribution in [0.25, 0.3) is 10.4 Å². The average molecular weight is 237 g/mol. The van der Waals surface area contributed by atoms with E-state index in [2.05, 4.69) is 15.0 Å². The Morgan fingerprint density at radius 3 is 2.94 bits per heavy atom. The topological polar surface area (TPSA) is 128 Å². The zero-order chi connectivity index (χ0) is 12.8. The highest BCUT2D eigenvalue weighted by Gasteiger charge is 2.20. The molecule has 2 unspecified atom stereocenters. The minimum absolute atomic E-state index is 0.119. The second-order valence-corrected chi connectivity index (χ2v) is 3.74. The zero-order valence-electron chi connectivity index (χ0n) is 9.48. The van der Waals surface area contributed by atoms with Crippen molar-refractivity contribution >= 4 is 5.82 Å². The minimum Gasteiger partial charge on any atom is -0.390 e. The average Bonchev–Trinajstić information content (AvgIpc) is 2.31. The van der Waals surface area contributed by atoms with E-state index in [0.29, 0.717) is 5.56 Å². The summed E-state index contributed by atoms with van der Waals surface area (Å²) in [5.41, 5.74) is 14.9. The lowest BCUT2D eigenvalue weighted by molar-refractivity contribution is 0.0153. The van der Waals surface area contributed by atoms with Crippen LogP contribution in [-0.2, 0) is 0 Å². The van der Waals surface area contributed by atoms with Crippen molar-refractivity contribution < 1.29 is 10.2 Å². The van der Waals surface area contributed by atoms with Crippen LogP contribution < -0.4 is 5.73 Å². The van der Waals surface area contributed by atoms with E-state index < -0.39 is 12.2 Å². The smallest absolute Gasteiger partial charge is 0.129 e. The van der Waals surface area contributed by atoms with Gasteiger partial charge in [-0.25, -0.2) is 4.98 Å². The van der Waals surface area contributed by atoms with Crippen molar-refractivity contribution in [1.29, 1.82) is 0 Å². The summed E-state index contributed by atoms with van der Waals surface area (Å²) < 4.78 is 0. The summed E-state index contributed by atoms with van der Waals surface area (Å²) in [6.45, 7) is 1.93. The number of hydrogen-bond donors (Lipinski definition) is 3. The maximum atomic E-state index is 9.89. The summed E-state index contributed by atoms with van der Waals surface area (Å²) in [5.74, 6) is 0.186. The Labute approximate surface area is 98.5 Å². The van der Waals surface area contributed by atoms with E-state index in [9.17, 15) is 10.2 Å². The van der Waals surface area contributed by atoms with Crippen LogP contribution in [0.1, 0.15) is 23.7 Å². The Kier molecular flexibility index (Phi) is 4.71. The van der Waals surface area contributed by atoms with E-state index in [1.54, 1.807) is 12.3 Å². The first-order chi connectivity index (χ1) is 8.06. The van der Waals surface area contributed by atoms with Crippen LogP contribution in [0.15, 0.2) is 17.4 Å². The molecular formula is C10H15N5O2. The summed E-state index contributed by atoms with van der Waals surface area (Å²) in [6, 6.07) is 1.67. The van der Waals surface area contributed by atoms with Crippen molar-refractivity contribution in [3.05, 3.63) is 33.8 Å². The first-order valence-electron chi connectivity index (χ1n) is 5.15. The van der Waals surface area contributed by atoms with Crippen molar-refractivity contribution in [1.82, 2.24) is 4.98 Å². The van der Waals surface area contributed by atoms with Gasteiger partial charge in [0.2, 0.25) is 0 Å². The van der Waals surface area contributed by atoms with Crippen molar-refractivity contribution in [2.75, 3.05) is 12.3 Å². The zero-order valence-corrected chi connectivity index (χ0v) is 9.48. The molecule has 0 aliphatic rings. The van der Waals surface area contributed by atoms with Crippen LogP contribution in [0.2, 0.25) is 0 Å². The van der Waals surface area contributed by atoms with Gasteiger partial charge in [-0.1, -0.05) is 5.11 Å². The molecule has 4 N–H and O–H groups in total. The number of anilines is 1. The first kappa shape index (κ1) is 13.2. The molecule has 92 valence electrons. The van der Waals surface area contributed by atoms with Gasteiger partial charge in [0.05, 0.1) is 6.10 Å². The summed E-state index contributed by atoms with van der Waals surface area (Å²) >= 11 is 0. The molecule has 1 aromatic rings. The molecule has 17 heavy (non-hydrogen) atoms. The maximum absolute atomic E-state index is 9.89. The predicted octanol–water partition coefficient (Wildman–Crippen LogP) is 1.07. The second kappa shape index (κ2) is 6.05. The fraction of sp³-hybridized carbons (Fsp3) is 0.500. The third-order valence-electron chi connectivity index (χ3n) is 2.36. The first-order valence-corrected chi connectivity index (χ1v) is 5.15. The van der Waals surface area contributed by atoms with Gasteiger partial charge in [0.25, 0.3) is 0 Å². The molecule has 0 saturated heterocycles. The summed E-state index contributed by atoms with van der Waals surface area (Å²) in [5, 5.41) is 22.9. The van der Waals surface area contributed by atoms with E-state index in [-0.39, 0.29) is 18.8 Å². The van der Waals surface area contributed by atoms with Gasteiger partial charge in [0.15, 0.2) is 0 Å². The fourth-order valence-corrected chi connectivity index (χ4v) is 1.44. The van der Waals surface area contributed by atoms with Gasteiger partial charge in [0.1, 0.15) is 11.9 Å². The van der Waals surface area contributed by atoms with E-state index in [1.807, 2.05) is 6.92 Å². The highest BCUT2D eigenvalue weighted by molar-refractivity contribution is 5.42. The molecule has 0 bridgehead atoms. The molecule has 0 aliphatic heterocycles. The van der Waals surface area contributed by atoms with E-state index in [1.165, 1.54) is 0 Å². The van der Waals surface area contributed by atoms with Gasteiger partial charge in [-0.05, 0) is 30.5 Å². The Morgan fingerprint density at radius 2 is 2.29 bits per heavy atom. The highest BCUT2D eigenvalue weighted by Crippen LogP contribution is 2.23. The van der Waals surface area contributed by atoms with Gasteiger partial charge in [-0.15, -0.1) is 0 Å². The highest BCUT2D eigenvalue weighted by atomic mass is 16.3. The molecule has 7 nitrogen and oxygen atoms in total. The Hall–Kier alpha value is -1.82. The molecule has 0 saturated carbocycles. The van der Waals surface area contributed by atoms with E-state index in [4.69, 9.17) is 11.3 Å². The lowest BCUT2D eigenvalue weighted by Crippen LogP contribution is -2.20. The molecule has 2 atom stereocenters. The molecule has 0 amide bonds. The fourth-order valence-electron chi connectivity index (χ4n) is 1.44. The quantitative estimate of drug-likeness (QED) is 0.402. The van der Waals surface area contributed by atoms with Crippen LogP contribution >= 0.6 is 0 Å². The summed E-state index contributed by atoms with van der Waals surface area (Å²) in [4.78, 5) is 6.47. The van der Waals surface area contributed by atoms with Crippen LogP contribution in [0.3, 0.4) is 0 Å². The van der Waals surface area contributed by atoms with Crippen molar-refractivity contribution in [2.24, 2.45) is 5.11 Å². The molecule has 1 rings (SSSR count). The van der Waals surface area contributed by atoms with Gasteiger partial charge in [0, 0.05) is 23.2 Å². The number of nitrogen functional groups attached to an aromatic ring is 1. The molecule has 7 heteroatoms. The third kappa shape index (κ3) is 3.60. The number of aryl methyl sites for hydroxylation is 1. The lowest BCUT2D eigenvalue weighted by atomic mass is 10.0. The normalized spacial score (nSPS) is 13.8. The van der Waals surface area contributed by atoms with Crippen LogP contribution in [0.5, 0.6) is 0 Å². The van der Waals surface area contributed by atoms with Crippen molar-refractivity contribution in [2.45, 2.75) is 25.6 Å². The third-order valence-corrected chi connectivity index (χ3v) is 2.36. The number of pyridine rings is 1. The largest absolute Gasteiger partial charge is 0.390 e. The van der Waals surface area contributed by atoms with Crippen LogP contribution in [-0.4, -0.2) is 27.8 Å². The SMILES string of the molecule is Cc1cnc(N)c(C(O)C(O)CCN=[N+]=[N-])c1. The molecule has 0 fully saturated rings. The molecule has 0 aromatic carbocycles. The van der Waals surface area contributed by atoms with E-state index in [0.717, 1.165) is 5.56 Å². The van der Waals surface area contributed by atoms with Crippen molar-refractivity contribution in [3.63, 3.8) is 0 Å². The second-order valence-electron chi connectivity index (χ2n) is 3.74. The molecule has 0 aliphatic carbocycles. The Bertz CT molecular complexity index is 431. The predicted molar refractivity (Wildman–Crippen MR) is 63.0 cm³/mol. The number of aliphatic hydroxyl groups excluding tert-OH is 2. The Morgan fingerprint density at radius 1 is 1.59 bits per heavy atom. The number of aromatic nitrogens is 1. The number of nitrogens with zero attached hydrogens (tertiary/aromatic N) is 4. The van der Waals surface area contributed by atoms with Gasteiger partial charge in [-0.3, -0.25) is 0 Å². The minimum atomic E-state index is -1.13. The standard InChI is InChI=1S/C10H15N5O2/c1-6-4-7(10(11)13-5-6)9(17)8(16)2-3-14-15-12/h4-5,8-9,16-17H,2-3H2,1H3,(H2,11,13). The number of rotatable bonds is 5. The van der Waals surface area contributed by atoms with Gasteiger partial charge >= 0.3 is 0 Å². The van der Waals surface area contributed by atoms with Gasteiger partial charge in [-0.2, -0.15) is 0 Å². The van der Waals surface area contributed by atoms with Crippen molar-refractivity contribution in [3.8, 4) is 0 Å². The van der Waals surface area contributed by atoms with Crippen LogP contribution in [0, 0.1) is 6.92 Å². The Balaban J connectivity index is 2.76. The van der Waals surface area contributed by atoms with Gasteiger partial charge < -0.3 is 15.9 Å². The molecular weight excluding hydrogens is 222 g/mol. The lowest BCUT2D eigenvalue weighted by Gasteiger charge is -2.18. The maximum Gasteiger partial charge on any atom is 0.129 e. The molecule has 1 aromatic heterocycles. The molecule has 0 spiro atoms. The van der Waals surface area contributed by atoms with E-state index >= 15 is 0 Å². The number of azide groups is 1. The number of hydrogen-bond acceptors (Lipinski definition) is 5. The monoisotopic (exact) mass is 237 g/mol. The number of aliphatic hydroxyl groups is 2.